The van der Waals surface area contributed by atoms with E-state index in [1.54, 1.807) is 27.3 Å². The molecule has 6 nitrogen and oxygen atoms in total. The summed E-state index contributed by atoms with van der Waals surface area (Å²) in [6.07, 6.45) is 0.797. The monoisotopic (exact) mass is 375 g/mol. The number of phenolic OH excluding ortho intramolecular Hbond substituents is 1. The van der Waals surface area contributed by atoms with Gasteiger partial charge in [0.05, 0.1) is 14.2 Å². The van der Waals surface area contributed by atoms with Gasteiger partial charge in [0.15, 0.2) is 29.0 Å². The van der Waals surface area contributed by atoms with Crippen LogP contribution in [0.4, 0.5) is 4.39 Å². The number of halogens is 1. The lowest BCUT2D eigenvalue weighted by Crippen LogP contribution is -2.39. The lowest BCUT2D eigenvalue weighted by Gasteiger charge is -2.22. The zero-order valence-corrected chi connectivity index (χ0v) is 16.1. The molecule has 2 rings (SSSR count). The predicted molar refractivity (Wildman–Crippen MR) is 104 cm³/mol. The molecule has 0 amide bonds. The van der Waals surface area contributed by atoms with Gasteiger partial charge < -0.3 is 24.8 Å². The Morgan fingerprint density at radius 2 is 1.81 bits per heavy atom. The van der Waals surface area contributed by atoms with Crippen LogP contribution in [0.2, 0.25) is 0 Å². The quantitative estimate of drug-likeness (QED) is 0.575. The number of aromatic hydroxyl groups is 1. The molecule has 0 saturated carbocycles. The third-order valence-corrected chi connectivity index (χ3v) is 4.22. The van der Waals surface area contributed by atoms with Gasteiger partial charge in [0.2, 0.25) is 0 Å². The molecular weight excluding hydrogens is 349 g/mol. The fourth-order valence-electron chi connectivity index (χ4n) is 2.67. The third kappa shape index (κ3) is 5.51. The van der Waals surface area contributed by atoms with Gasteiger partial charge in [0, 0.05) is 27.2 Å². The Hall–Kier alpha value is -2.96. The molecule has 0 spiro atoms. The van der Waals surface area contributed by atoms with Gasteiger partial charge in [-0.3, -0.25) is 4.99 Å². The lowest BCUT2D eigenvalue weighted by atomic mass is 10.1. The van der Waals surface area contributed by atoms with Crippen LogP contribution in [0, 0.1) is 5.82 Å². The van der Waals surface area contributed by atoms with Gasteiger partial charge >= 0.3 is 0 Å². The fraction of sp³-hybridized carbons (Fsp3) is 0.350. The molecule has 0 aromatic heterocycles. The van der Waals surface area contributed by atoms with Gasteiger partial charge in [-0.15, -0.1) is 0 Å². The molecule has 2 N–H and O–H groups in total. The van der Waals surface area contributed by atoms with E-state index in [2.05, 4.69) is 10.3 Å². The van der Waals surface area contributed by atoms with Crippen molar-refractivity contribution in [3.8, 4) is 17.2 Å². The van der Waals surface area contributed by atoms with E-state index < -0.39 is 5.82 Å². The smallest absolute Gasteiger partial charge is 0.193 e. The summed E-state index contributed by atoms with van der Waals surface area (Å²) in [5.74, 6) is 1.12. The molecule has 27 heavy (non-hydrogen) atoms. The van der Waals surface area contributed by atoms with E-state index in [0.29, 0.717) is 24.0 Å². The van der Waals surface area contributed by atoms with Crippen molar-refractivity contribution in [1.29, 1.82) is 0 Å². The highest BCUT2D eigenvalue weighted by Crippen LogP contribution is 2.27. The minimum absolute atomic E-state index is 0.352. The predicted octanol–water partition coefficient (Wildman–Crippen LogP) is 2.80. The van der Waals surface area contributed by atoms with Crippen molar-refractivity contribution < 1.29 is 19.0 Å². The maximum Gasteiger partial charge on any atom is 0.193 e. The molecule has 7 heteroatoms. The minimum Gasteiger partial charge on any atom is -0.505 e. The van der Waals surface area contributed by atoms with Crippen LogP contribution in [0.25, 0.3) is 0 Å². The normalized spacial score (nSPS) is 11.2. The number of ether oxygens (including phenoxy) is 2. The largest absolute Gasteiger partial charge is 0.505 e. The summed E-state index contributed by atoms with van der Waals surface area (Å²) >= 11 is 0. The molecule has 2 aromatic rings. The number of nitrogens with one attached hydrogen (secondary N) is 1. The molecule has 0 radical (unpaired) electrons. The maximum absolute atomic E-state index is 13.4. The van der Waals surface area contributed by atoms with Crippen molar-refractivity contribution in [2.45, 2.75) is 13.0 Å². The van der Waals surface area contributed by atoms with Crippen molar-refractivity contribution in [2.75, 3.05) is 34.9 Å². The van der Waals surface area contributed by atoms with E-state index in [1.807, 2.05) is 30.1 Å². The molecule has 0 heterocycles. The second kappa shape index (κ2) is 9.66. The first kappa shape index (κ1) is 20.4. The lowest BCUT2D eigenvalue weighted by molar-refractivity contribution is 0.354. The van der Waals surface area contributed by atoms with Gasteiger partial charge in [0.25, 0.3) is 0 Å². The van der Waals surface area contributed by atoms with E-state index in [1.165, 1.54) is 12.1 Å². The van der Waals surface area contributed by atoms with Crippen molar-refractivity contribution in [1.82, 2.24) is 10.2 Å². The average molecular weight is 375 g/mol. The van der Waals surface area contributed by atoms with Crippen molar-refractivity contribution in [2.24, 2.45) is 4.99 Å². The van der Waals surface area contributed by atoms with Gasteiger partial charge in [-0.1, -0.05) is 12.1 Å². The Morgan fingerprint density at radius 3 is 2.44 bits per heavy atom. The molecular formula is C20H26FN3O3. The van der Waals surface area contributed by atoms with Crippen LogP contribution < -0.4 is 14.8 Å². The van der Waals surface area contributed by atoms with E-state index >= 15 is 0 Å². The van der Waals surface area contributed by atoms with Crippen LogP contribution in [0.15, 0.2) is 41.4 Å². The van der Waals surface area contributed by atoms with Gasteiger partial charge in [-0.05, 0) is 41.8 Å². The number of aliphatic imine (C=N–C) groups is 1. The molecule has 0 bridgehead atoms. The fourth-order valence-corrected chi connectivity index (χ4v) is 2.67. The molecule has 0 saturated heterocycles. The number of rotatable bonds is 7. The number of phenols is 1. The summed E-state index contributed by atoms with van der Waals surface area (Å²) < 4.78 is 24.0. The zero-order valence-electron chi connectivity index (χ0n) is 16.1. The second-order valence-corrected chi connectivity index (χ2v) is 6.05. The summed E-state index contributed by atoms with van der Waals surface area (Å²) in [5.41, 5.74) is 1.84. The molecule has 0 aliphatic heterocycles. The van der Waals surface area contributed by atoms with Crippen LogP contribution in [0.3, 0.4) is 0 Å². The number of methoxy groups -OCH3 is 2. The van der Waals surface area contributed by atoms with E-state index in [4.69, 9.17) is 9.47 Å². The van der Waals surface area contributed by atoms with Crippen LogP contribution in [0.1, 0.15) is 11.1 Å². The number of guanidine groups is 1. The Kier molecular flexibility index (Phi) is 7.28. The van der Waals surface area contributed by atoms with Gasteiger partial charge in [0.1, 0.15) is 0 Å². The van der Waals surface area contributed by atoms with Crippen LogP contribution >= 0.6 is 0 Å². The molecule has 0 aliphatic carbocycles. The van der Waals surface area contributed by atoms with Gasteiger partial charge in [-0.2, -0.15) is 0 Å². The summed E-state index contributed by atoms with van der Waals surface area (Å²) in [4.78, 5) is 6.25. The molecule has 0 aliphatic rings. The van der Waals surface area contributed by atoms with Crippen molar-refractivity contribution >= 4 is 5.96 Å². The number of benzene rings is 2. The summed E-state index contributed by atoms with van der Waals surface area (Å²) in [6.45, 7) is 1.14. The molecule has 0 atom stereocenters. The first-order valence-electron chi connectivity index (χ1n) is 8.58. The zero-order chi connectivity index (χ0) is 19.8. The Bertz CT molecular complexity index is 796. The first-order chi connectivity index (χ1) is 13.0. The van der Waals surface area contributed by atoms with Crippen molar-refractivity contribution in [3.63, 3.8) is 0 Å². The Morgan fingerprint density at radius 1 is 1.11 bits per heavy atom. The Balaban J connectivity index is 1.93. The van der Waals surface area contributed by atoms with E-state index in [-0.39, 0.29) is 5.75 Å². The molecule has 0 fully saturated rings. The third-order valence-electron chi connectivity index (χ3n) is 4.22. The molecule has 0 unspecified atom stereocenters. The van der Waals surface area contributed by atoms with E-state index in [0.717, 1.165) is 24.1 Å². The standard InChI is InChI=1S/C20H26FN3O3/c1-22-20(23-13-15-5-7-17(25)16(21)11-15)24(2)10-9-14-6-8-18(26-3)19(12-14)27-4/h5-8,11-12,25H,9-10,13H2,1-4H3,(H,22,23). The summed E-state index contributed by atoms with van der Waals surface area (Å²) in [5, 5.41) is 12.5. The number of hydrogen-bond donors (Lipinski definition) is 2. The van der Waals surface area contributed by atoms with Crippen LogP contribution in [-0.4, -0.2) is 50.8 Å². The number of hydrogen-bond acceptors (Lipinski definition) is 4. The first-order valence-corrected chi connectivity index (χ1v) is 8.58. The average Bonchev–Trinajstić information content (AvgIpc) is 2.69. The second-order valence-electron chi connectivity index (χ2n) is 6.05. The highest BCUT2D eigenvalue weighted by molar-refractivity contribution is 5.79. The summed E-state index contributed by atoms with van der Waals surface area (Å²) in [7, 11) is 6.87. The van der Waals surface area contributed by atoms with Crippen LogP contribution in [-0.2, 0) is 13.0 Å². The van der Waals surface area contributed by atoms with Gasteiger partial charge in [-0.25, -0.2) is 4.39 Å². The summed E-state index contributed by atoms with van der Waals surface area (Å²) in [6, 6.07) is 10.2. The molecule has 146 valence electrons. The maximum atomic E-state index is 13.4. The van der Waals surface area contributed by atoms with Crippen molar-refractivity contribution in [3.05, 3.63) is 53.3 Å². The highest BCUT2D eigenvalue weighted by Gasteiger charge is 2.09. The highest BCUT2D eigenvalue weighted by atomic mass is 19.1. The SMILES string of the molecule is CN=C(NCc1ccc(O)c(F)c1)N(C)CCc1ccc(OC)c(OC)c1. The minimum atomic E-state index is -0.633. The number of likely N-dealkylation sites (N-methyl/N-ethyl adjacent to an activating group) is 1. The Labute approximate surface area is 159 Å². The molecule has 2 aromatic carbocycles. The number of nitrogens with zero attached hydrogens (tertiary/aromatic N) is 2. The van der Waals surface area contributed by atoms with E-state index in [9.17, 15) is 9.50 Å². The topological polar surface area (TPSA) is 66.3 Å². The van der Waals surface area contributed by atoms with Crippen LogP contribution in [0.5, 0.6) is 17.2 Å².